The number of ether oxygens (including phenoxy) is 2. The van der Waals surface area contributed by atoms with Crippen molar-refractivity contribution in [3.05, 3.63) is 64.9 Å². The Labute approximate surface area is 252 Å². The van der Waals surface area contributed by atoms with E-state index in [0.717, 1.165) is 25.7 Å². The largest absolute Gasteiger partial charge is 0.490 e. The topological polar surface area (TPSA) is 98.0 Å². The summed E-state index contributed by atoms with van der Waals surface area (Å²) in [5.41, 5.74) is -0.643. The Balaban J connectivity index is 1.16. The SMILES string of the molecule is COC(=O)c1ccc(F)c(OCC2CCN(c3ccc(CC(=O)c4oc(N5CCCC(C)C5)nc4C(F)(F)F)cn3)CC2)c1. The Bertz CT molecular complexity index is 1470. The predicted molar refractivity (Wildman–Crippen MR) is 153 cm³/mol. The summed E-state index contributed by atoms with van der Waals surface area (Å²) in [5, 5.41) is 0. The van der Waals surface area contributed by atoms with E-state index in [0.29, 0.717) is 37.6 Å². The number of carbonyl (C=O) groups excluding carboxylic acids is 2. The van der Waals surface area contributed by atoms with Gasteiger partial charge < -0.3 is 23.7 Å². The number of oxazole rings is 1. The van der Waals surface area contributed by atoms with E-state index in [1.807, 2.05) is 6.92 Å². The quantitative estimate of drug-likeness (QED) is 0.163. The Hall–Kier alpha value is -4.16. The van der Waals surface area contributed by atoms with Crippen LogP contribution in [0.1, 0.15) is 64.8 Å². The standard InChI is InChI=1S/C31H34F4N4O5/c1-19-4-3-11-39(17-19)30-37-28(31(33,34)35)27(44-30)24(40)14-21-5-8-26(36-16-21)38-12-9-20(10-13-38)18-43-25-15-22(29(41)42-2)6-7-23(25)32/h5-8,15-16,19-20H,3-4,9-14,17-18H2,1-2H3. The van der Waals surface area contributed by atoms with Gasteiger partial charge in [-0.15, -0.1) is 0 Å². The number of esters is 1. The Morgan fingerprint density at radius 1 is 1.07 bits per heavy atom. The van der Waals surface area contributed by atoms with Crippen molar-refractivity contribution in [3.63, 3.8) is 0 Å². The first-order valence-electron chi connectivity index (χ1n) is 14.6. The molecule has 2 fully saturated rings. The number of aromatic nitrogens is 2. The number of ketones is 1. The summed E-state index contributed by atoms with van der Waals surface area (Å²) >= 11 is 0. The van der Waals surface area contributed by atoms with Gasteiger partial charge in [0.25, 0.3) is 6.01 Å². The fraction of sp³-hybridized carbons (Fsp3) is 0.484. The van der Waals surface area contributed by atoms with E-state index in [1.54, 1.807) is 17.0 Å². The number of anilines is 2. The summed E-state index contributed by atoms with van der Waals surface area (Å²) in [4.78, 5) is 36.5. The minimum Gasteiger partial charge on any atom is -0.490 e. The number of benzene rings is 1. The lowest BCUT2D eigenvalue weighted by Gasteiger charge is -2.32. The molecular weight excluding hydrogens is 584 g/mol. The van der Waals surface area contributed by atoms with E-state index < -0.39 is 35.2 Å². The smallest absolute Gasteiger partial charge is 0.437 e. The van der Waals surface area contributed by atoms with Crippen LogP contribution in [0, 0.1) is 17.7 Å². The summed E-state index contributed by atoms with van der Waals surface area (Å²) < 4.78 is 71.2. The van der Waals surface area contributed by atoms with Crippen LogP contribution in [-0.4, -0.2) is 61.6 Å². The average molecular weight is 619 g/mol. The van der Waals surface area contributed by atoms with E-state index in [2.05, 4.69) is 19.6 Å². The maximum Gasteiger partial charge on any atom is 0.437 e. The van der Waals surface area contributed by atoms with Crippen LogP contribution in [0.15, 0.2) is 40.9 Å². The van der Waals surface area contributed by atoms with Crippen molar-refractivity contribution in [1.82, 2.24) is 9.97 Å². The minimum absolute atomic E-state index is 0.00728. The maximum absolute atomic E-state index is 14.2. The van der Waals surface area contributed by atoms with E-state index in [4.69, 9.17) is 9.15 Å². The molecule has 0 radical (unpaired) electrons. The number of nitrogens with zero attached hydrogens (tertiary/aromatic N) is 4. The van der Waals surface area contributed by atoms with Gasteiger partial charge in [-0.3, -0.25) is 4.79 Å². The third-order valence-electron chi connectivity index (χ3n) is 8.00. The zero-order valence-corrected chi connectivity index (χ0v) is 24.5. The Kier molecular flexibility index (Phi) is 9.40. The van der Waals surface area contributed by atoms with Crippen LogP contribution in [0.5, 0.6) is 5.75 Å². The molecule has 44 heavy (non-hydrogen) atoms. The number of hydrogen-bond donors (Lipinski definition) is 0. The number of Topliss-reactive ketones (excluding diaryl/α,β-unsaturated/α-hetero) is 1. The molecule has 2 saturated heterocycles. The van der Waals surface area contributed by atoms with Gasteiger partial charge in [-0.2, -0.15) is 18.2 Å². The Morgan fingerprint density at radius 2 is 1.84 bits per heavy atom. The van der Waals surface area contributed by atoms with E-state index in [1.165, 1.54) is 31.5 Å². The van der Waals surface area contributed by atoms with Gasteiger partial charge in [-0.1, -0.05) is 13.0 Å². The zero-order chi connectivity index (χ0) is 31.4. The van der Waals surface area contributed by atoms with Crippen molar-refractivity contribution in [1.29, 1.82) is 0 Å². The van der Waals surface area contributed by atoms with E-state index in [-0.39, 0.29) is 42.2 Å². The maximum atomic E-state index is 14.2. The molecule has 13 heteroatoms. The molecule has 2 aliphatic heterocycles. The van der Waals surface area contributed by atoms with Crippen molar-refractivity contribution < 1.29 is 41.0 Å². The molecule has 0 bridgehead atoms. The van der Waals surface area contributed by atoms with E-state index >= 15 is 0 Å². The molecule has 3 aromatic rings. The number of hydrogen-bond acceptors (Lipinski definition) is 9. The third-order valence-corrected chi connectivity index (χ3v) is 8.00. The second kappa shape index (κ2) is 13.2. The molecular formula is C31H34F4N4O5. The van der Waals surface area contributed by atoms with Crippen molar-refractivity contribution in [2.45, 2.75) is 45.2 Å². The summed E-state index contributed by atoms with van der Waals surface area (Å²) in [5.74, 6) is -1.62. The molecule has 0 amide bonds. The van der Waals surface area contributed by atoms with Gasteiger partial charge in [0.05, 0.1) is 19.3 Å². The fourth-order valence-corrected chi connectivity index (χ4v) is 5.56. The van der Waals surface area contributed by atoms with Crippen LogP contribution in [0.25, 0.3) is 0 Å². The normalized spacial score (nSPS) is 17.9. The second-order valence-corrected chi connectivity index (χ2v) is 11.4. The first kappa shape index (κ1) is 31.3. The lowest BCUT2D eigenvalue weighted by molar-refractivity contribution is -0.141. The van der Waals surface area contributed by atoms with Crippen molar-refractivity contribution >= 4 is 23.6 Å². The monoisotopic (exact) mass is 618 g/mol. The highest BCUT2D eigenvalue weighted by molar-refractivity contribution is 5.96. The minimum atomic E-state index is -4.82. The molecule has 2 aliphatic rings. The van der Waals surface area contributed by atoms with Crippen molar-refractivity contribution in [3.8, 4) is 5.75 Å². The average Bonchev–Trinajstić information content (AvgIpc) is 3.48. The third kappa shape index (κ3) is 7.31. The summed E-state index contributed by atoms with van der Waals surface area (Å²) in [6.07, 6.45) is -0.362. The molecule has 2 aromatic heterocycles. The van der Waals surface area contributed by atoms with Crippen molar-refractivity contribution in [2.75, 3.05) is 49.7 Å². The molecule has 1 aromatic carbocycles. The van der Waals surface area contributed by atoms with Crippen LogP contribution < -0.4 is 14.5 Å². The molecule has 9 nitrogen and oxygen atoms in total. The number of piperidine rings is 2. The molecule has 1 unspecified atom stereocenters. The van der Waals surface area contributed by atoms with Gasteiger partial charge in [0.1, 0.15) is 5.82 Å². The van der Waals surface area contributed by atoms with Crippen LogP contribution in [0.2, 0.25) is 0 Å². The first-order valence-corrected chi connectivity index (χ1v) is 14.6. The highest BCUT2D eigenvalue weighted by Gasteiger charge is 2.42. The van der Waals surface area contributed by atoms with E-state index in [9.17, 15) is 27.2 Å². The number of alkyl halides is 3. The van der Waals surface area contributed by atoms with Crippen LogP contribution in [-0.2, 0) is 17.3 Å². The van der Waals surface area contributed by atoms with Crippen LogP contribution >= 0.6 is 0 Å². The second-order valence-electron chi connectivity index (χ2n) is 11.4. The fourth-order valence-electron chi connectivity index (χ4n) is 5.56. The molecule has 0 saturated carbocycles. The number of rotatable bonds is 9. The molecule has 5 rings (SSSR count). The summed E-state index contributed by atoms with van der Waals surface area (Å²) in [7, 11) is 1.25. The first-order chi connectivity index (χ1) is 21.0. The molecule has 236 valence electrons. The zero-order valence-electron chi connectivity index (χ0n) is 24.5. The van der Waals surface area contributed by atoms with Gasteiger partial charge in [-0.25, -0.2) is 14.2 Å². The number of carbonyl (C=O) groups is 2. The van der Waals surface area contributed by atoms with Crippen LogP contribution in [0.3, 0.4) is 0 Å². The van der Waals surface area contributed by atoms with Gasteiger partial charge in [-0.05, 0) is 67.3 Å². The van der Waals surface area contributed by atoms with Crippen molar-refractivity contribution in [2.24, 2.45) is 11.8 Å². The molecule has 0 N–H and O–H groups in total. The lowest BCUT2D eigenvalue weighted by atomic mass is 9.97. The lowest BCUT2D eigenvalue weighted by Crippen LogP contribution is -2.36. The number of pyridine rings is 1. The van der Waals surface area contributed by atoms with Gasteiger partial charge >= 0.3 is 12.1 Å². The summed E-state index contributed by atoms with van der Waals surface area (Å²) in [6.45, 7) is 4.66. The molecule has 4 heterocycles. The highest BCUT2D eigenvalue weighted by Crippen LogP contribution is 2.36. The molecule has 1 atom stereocenters. The predicted octanol–water partition coefficient (Wildman–Crippen LogP) is 5.97. The van der Waals surface area contributed by atoms with Gasteiger partial charge in [0, 0.05) is 38.8 Å². The highest BCUT2D eigenvalue weighted by atomic mass is 19.4. The summed E-state index contributed by atoms with van der Waals surface area (Å²) in [6, 6.07) is 7.06. The Morgan fingerprint density at radius 3 is 2.50 bits per heavy atom. The number of methoxy groups -OCH3 is 1. The van der Waals surface area contributed by atoms with Crippen LogP contribution in [0.4, 0.5) is 29.4 Å². The molecule has 0 spiro atoms. The molecule has 0 aliphatic carbocycles. The van der Waals surface area contributed by atoms with Gasteiger partial charge in [0.2, 0.25) is 11.5 Å². The number of halogens is 4. The van der Waals surface area contributed by atoms with Gasteiger partial charge in [0.15, 0.2) is 17.3 Å².